The molecule has 2 aliphatic rings. The lowest BCUT2D eigenvalue weighted by atomic mass is 9.83. The first-order valence-electron chi connectivity index (χ1n) is 6.76. The van der Waals surface area contributed by atoms with Crippen LogP contribution in [-0.4, -0.2) is 49.2 Å². The molecule has 1 saturated heterocycles. The van der Waals surface area contributed by atoms with Gasteiger partial charge in [0, 0.05) is 33.0 Å². The molecular weight excluding hydrogens is 299 g/mol. The SMILES string of the molecule is COP(=O)(OC)C(=[N+]=[N-])C(=O)C1CCC2(CC1)OCCO2. The molecule has 2 fully saturated rings. The molecule has 21 heavy (non-hydrogen) atoms. The summed E-state index contributed by atoms with van der Waals surface area (Å²) in [6, 6.07) is 0. The van der Waals surface area contributed by atoms with Crippen molar-refractivity contribution in [1.29, 1.82) is 0 Å². The Balaban J connectivity index is 2.07. The molecule has 0 atom stereocenters. The fourth-order valence-corrected chi connectivity index (χ4v) is 3.83. The monoisotopic (exact) mass is 318 g/mol. The number of hydrogen-bond donors (Lipinski definition) is 0. The Morgan fingerprint density at radius 2 is 1.76 bits per heavy atom. The van der Waals surface area contributed by atoms with Gasteiger partial charge in [0.25, 0.3) is 5.78 Å². The van der Waals surface area contributed by atoms with Crippen molar-refractivity contribution in [2.45, 2.75) is 31.5 Å². The summed E-state index contributed by atoms with van der Waals surface area (Å²) in [5, 5.41) is 0. The second-order valence-corrected chi connectivity index (χ2v) is 7.18. The van der Waals surface area contributed by atoms with Crippen LogP contribution in [0.15, 0.2) is 0 Å². The summed E-state index contributed by atoms with van der Waals surface area (Å²) in [5.41, 5.74) is 8.46. The van der Waals surface area contributed by atoms with Crippen LogP contribution in [0.3, 0.4) is 0 Å². The maximum Gasteiger partial charge on any atom is 0.446 e. The maximum atomic E-state index is 12.4. The molecule has 118 valence electrons. The zero-order chi connectivity index (χ0) is 15.5. The van der Waals surface area contributed by atoms with Gasteiger partial charge < -0.3 is 24.1 Å². The van der Waals surface area contributed by atoms with E-state index in [4.69, 9.17) is 24.1 Å². The molecular formula is C12H19N2O6P. The van der Waals surface area contributed by atoms with E-state index in [0.717, 1.165) is 14.2 Å². The summed E-state index contributed by atoms with van der Waals surface area (Å²) in [7, 11) is -1.58. The predicted molar refractivity (Wildman–Crippen MR) is 71.9 cm³/mol. The van der Waals surface area contributed by atoms with Crippen molar-refractivity contribution in [3.05, 3.63) is 5.53 Å². The van der Waals surface area contributed by atoms with Crippen LogP contribution in [0.4, 0.5) is 0 Å². The zero-order valence-electron chi connectivity index (χ0n) is 12.1. The summed E-state index contributed by atoms with van der Waals surface area (Å²) in [6.07, 6.45) is 2.16. The van der Waals surface area contributed by atoms with Crippen molar-refractivity contribution >= 4 is 18.8 Å². The highest BCUT2D eigenvalue weighted by molar-refractivity contribution is 7.74. The number of rotatable bonds is 5. The van der Waals surface area contributed by atoms with Crippen molar-refractivity contribution in [2.75, 3.05) is 27.4 Å². The van der Waals surface area contributed by atoms with Gasteiger partial charge in [0.1, 0.15) is 0 Å². The van der Waals surface area contributed by atoms with Gasteiger partial charge in [-0.2, -0.15) is 4.79 Å². The molecule has 2 rings (SSSR count). The third kappa shape index (κ3) is 3.16. The molecule has 1 saturated carbocycles. The van der Waals surface area contributed by atoms with E-state index < -0.39 is 30.5 Å². The molecule has 0 bridgehead atoms. The van der Waals surface area contributed by atoms with Gasteiger partial charge in [-0.05, 0) is 12.8 Å². The van der Waals surface area contributed by atoms with E-state index in [1.165, 1.54) is 0 Å². The minimum atomic E-state index is -3.86. The van der Waals surface area contributed by atoms with Crippen LogP contribution in [0.1, 0.15) is 25.7 Å². The van der Waals surface area contributed by atoms with Gasteiger partial charge in [0.2, 0.25) is 0 Å². The van der Waals surface area contributed by atoms with Crippen LogP contribution in [-0.2, 0) is 27.9 Å². The third-order valence-corrected chi connectivity index (χ3v) is 5.78. The van der Waals surface area contributed by atoms with Crippen molar-refractivity contribution in [2.24, 2.45) is 5.92 Å². The molecule has 9 heteroatoms. The smallest absolute Gasteiger partial charge is 0.360 e. The highest BCUT2D eigenvalue weighted by atomic mass is 31.2. The van der Waals surface area contributed by atoms with E-state index in [1.807, 2.05) is 0 Å². The molecule has 1 spiro atoms. The first-order chi connectivity index (χ1) is 10.0. The van der Waals surface area contributed by atoms with Gasteiger partial charge in [-0.25, -0.2) is 4.57 Å². The first-order valence-corrected chi connectivity index (χ1v) is 8.31. The van der Waals surface area contributed by atoms with Crippen molar-refractivity contribution in [1.82, 2.24) is 0 Å². The molecule has 0 aromatic rings. The summed E-state index contributed by atoms with van der Waals surface area (Å²) < 4.78 is 32.8. The van der Waals surface area contributed by atoms with E-state index in [2.05, 4.69) is 4.79 Å². The Hall–Kier alpha value is -0.880. The summed E-state index contributed by atoms with van der Waals surface area (Å²) >= 11 is 0. The molecule has 0 unspecified atom stereocenters. The molecule has 0 aromatic heterocycles. The lowest BCUT2D eigenvalue weighted by Crippen LogP contribution is -2.38. The summed E-state index contributed by atoms with van der Waals surface area (Å²) in [6.45, 7) is 1.12. The van der Waals surface area contributed by atoms with Crippen LogP contribution in [0.5, 0.6) is 0 Å². The standard InChI is InChI=1S/C12H19N2O6P/c1-17-21(16,18-2)11(14-13)10(15)9-3-5-12(6-4-9)19-7-8-20-12/h9H,3-8H2,1-2H3. The minimum absolute atomic E-state index is 0.409. The molecule has 0 aromatic carbocycles. The molecule has 1 aliphatic heterocycles. The highest BCUT2D eigenvalue weighted by Gasteiger charge is 2.49. The Labute approximate surface area is 122 Å². The van der Waals surface area contributed by atoms with E-state index >= 15 is 0 Å². The van der Waals surface area contributed by atoms with Gasteiger partial charge in [0.05, 0.1) is 13.2 Å². The van der Waals surface area contributed by atoms with Crippen LogP contribution < -0.4 is 0 Å². The quantitative estimate of drug-likeness (QED) is 0.330. The first kappa shape index (κ1) is 16.5. The topological polar surface area (TPSA) is 107 Å². The number of hydrogen-bond acceptors (Lipinski definition) is 6. The van der Waals surface area contributed by atoms with Gasteiger partial charge in [0.15, 0.2) is 5.79 Å². The Morgan fingerprint density at radius 3 is 2.19 bits per heavy atom. The predicted octanol–water partition coefficient (Wildman–Crippen LogP) is 1.60. The van der Waals surface area contributed by atoms with Crippen molar-refractivity contribution < 1.29 is 32.7 Å². The van der Waals surface area contributed by atoms with Crippen LogP contribution in [0.2, 0.25) is 0 Å². The van der Waals surface area contributed by atoms with Crippen LogP contribution in [0, 0.1) is 5.92 Å². The minimum Gasteiger partial charge on any atom is -0.360 e. The van der Waals surface area contributed by atoms with E-state index in [9.17, 15) is 9.36 Å². The number of carbonyl (C=O) groups is 1. The average Bonchev–Trinajstić information content (AvgIpc) is 2.96. The van der Waals surface area contributed by atoms with E-state index in [0.29, 0.717) is 38.9 Å². The molecule has 0 radical (unpaired) electrons. The largest absolute Gasteiger partial charge is 0.446 e. The van der Waals surface area contributed by atoms with Gasteiger partial charge >= 0.3 is 13.0 Å². The number of ether oxygens (including phenoxy) is 2. The molecule has 0 amide bonds. The molecule has 1 aliphatic carbocycles. The van der Waals surface area contributed by atoms with Crippen LogP contribution in [0.25, 0.3) is 5.53 Å². The van der Waals surface area contributed by atoms with Crippen molar-refractivity contribution in [3.8, 4) is 0 Å². The maximum absolute atomic E-state index is 12.4. The Morgan fingerprint density at radius 1 is 1.24 bits per heavy atom. The van der Waals surface area contributed by atoms with E-state index in [-0.39, 0.29) is 0 Å². The summed E-state index contributed by atoms with van der Waals surface area (Å²) in [5.74, 6) is -1.51. The average molecular weight is 318 g/mol. The molecule has 0 N–H and O–H groups in total. The lowest BCUT2D eigenvalue weighted by molar-refractivity contribution is -0.182. The third-order valence-electron chi connectivity index (χ3n) is 3.99. The van der Waals surface area contributed by atoms with Gasteiger partial charge in [-0.3, -0.25) is 4.79 Å². The van der Waals surface area contributed by atoms with Gasteiger partial charge in [-0.1, -0.05) is 0 Å². The van der Waals surface area contributed by atoms with Crippen molar-refractivity contribution in [3.63, 3.8) is 0 Å². The number of Topliss-reactive ketones (excluding diaryl/α,β-unsaturated/α-hetero) is 1. The number of nitrogens with zero attached hydrogens (tertiary/aromatic N) is 2. The highest BCUT2D eigenvalue weighted by Crippen LogP contribution is 2.49. The Kier molecular flexibility index (Phi) is 5.09. The fraction of sp³-hybridized carbons (Fsp3) is 0.833. The second kappa shape index (κ2) is 6.48. The number of ketones is 1. The Bertz CT molecular complexity index is 492. The fourth-order valence-electron chi connectivity index (χ4n) is 2.77. The van der Waals surface area contributed by atoms with Crippen LogP contribution >= 0.6 is 7.60 Å². The normalized spacial score (nSPS) is 22.2. The lowest BCUT2D eigenvalue weighted by Gasteiger charge is -2.34. The summed E-state index contributed by atoms with van der Waals surface area (Å²) in [4.78, 5) is 15.2. The molecule has 1 heterocycles. The van der Waals surface area contributed by atoms with Gasteiger partial charge in [-0.15, -0.1) is 0 Å². The zero-order valence-corrected chi connectivity index (χ0v) is 13.0. The van der Waals surface area contributed by atoms with E-state index in [1.54, 1.807) is 0 Å². The second-order valence-electron chi connectivity index (χ2n) is 5.03. The number of carbonyl (C=O) groups excluding carboxylic acids is 1. The molecule has 8 nitrogen and oxygen atoms in total.